The first-order chi connectivity index (χ1) is 10.8. The third-order valence-electron chi connectivity index (χ3n) is 3.87. The minimum absolute atomic E-state index is 0.340. The second-order valence-electron chi connectivity index (χ2n) is 5.36. The molecule has 4 rings (SSSR count). The van der Waals surface area contributed by atoms with Crippen molar-refractivity contribution < 1.29 is 0 Å². The highest BCUT2D eigenvalue weighted by Crippen LogP contribution is 2.44. The van der Waals surface area contributed by atoms with Gasteiger partial charge in [0.1, 0.15) is 5.03 Å². The van der Waals surface area contributed by atoms with E-state index in [2.05, 4.69) is 78.4 Å². The van der Waals surface area contributed by atoms with Crippen LogP contribution in [0.2, 0.25) is 0 Å². The normalized spacial score (nSPS) is 16.5. The Morgan fingerprint density at radius 1 is 0.955 bits per heavy atom. The smallest absolute Gasteiger partial charge is 0.108 e. The number of fused-ring (bicyclic) bond motifs is 1. The Balaban J connectivity index is 1.78. The Morgan fingerprint density at radius 2 is 1.64 bits per heavy atom. The van der Waals surface area contributed by atoms with Crippen molar-refractivity contribution in [1.82, 2.24) is 9.78 Å². The highest BCUT2D eigenvalue weighted by Gasteiger charge is 2.23. The average molecular weight is 304 g/mol. The molecule has 0 amide bonds. The second-order valence-corrected chi connectivity index (χ2v) is 6.49. The van der Waals surface area contributed by atoms with Crippen molar-refractivity contribution in [3.63, 3.8) is 0 Å². The predicted octanol–water partition coefficient (Wildman–Crippen LogP) is 5.04. The van der Waals surface area contributed by atoms with Gasteiger partial charge in [-0.2, -0.15) is 5.10 Å². The molecular weight excluding hydrogens is 288 g/mol. The fourth-order valence-electron chi connectivity index (χ4n) is 2.73. The van der Waals surface area contributed by atoms with E-state index in [1.807, 2.05) is 17.8 Å². The number of nitrogens with zero attached hydrogens (tertiary/aromatic N) is 2. The molecule has 0 saturated heterocycles. The van der Waals surface area contributed by atoms with Crippen LogP contribution in [0.1, 0.15) is 22.1 Å². The van der Waals surface area contributed by atoms with Gasteiger partial charge in [0.2, 0.25) is 0 Å². The summed E-state index contributed by atoms with van der Waals surface area (Å²) in [5.74, 6) is 0. The summed E-state index contributed by atoms with van der Waals surface area (Å²) >= 11 is 1.87. The highest BCUT2D eigenvalue weighted by atomic mass is 32.2. The number of rotatable bonds is 2. The molecule has 1 aromatic heterocycles. The zero-order valence-corrected chi connectivity index (χ0v) is 13.1. The molecule has 0 N–H and O–H groups in total. The molecule has 3 aromatic rings. The Morgan fingerprint density at radius 3 is 2.36 bits per heavy atom. The summed E-state index contributed by atoms with van der Waals surface area (Å²) < 4.78 is 2.06. The number of para-hydroxylation sites is 1. The Bertz CT molecular complexity index is 819. The van der Waals surface area contributed by atoms with Crippen molar-refractivity contribution in [2.45, 2.75) is 17.2 Å². The quantitative estimate of drug-likeness (QED) is 0.660. The zero-order valence-electron chi connectivity index (χ0n) is 12.3. The molecule has 22 heavy (non-hydrogen) atoms. The van der Waals surface area contributed by atoms with E-state index in [9.17, 15) is 0 Å². The molecule has 1 unspecified atom stereocenters. The summed E-state index contributed by atoms with van der Waals surface area (Å²) in [6.07, 6.45) is 4.48. The van der Waals surface area contributed by atoms with E-state index in [0.29, 0.717) is 5.25 Å². The van der Waals surface area contributed by atoms with Crippen LogP contribution < -0.4 is 0 Å². The van der Waals surface area contributed by atoms with Gasteiger partial charge in [-0.05, 0) is 24.6 Å². The van der Waals surface area contributed by atoms with Gasteiger partial charge >= 0.3 is 0 Å². The van der Waals surface area contributed by atoms with Gasteiger partial charge in [0.15, 0.2) is 0 Å². The van der Waals surface area contributed by atoms with E-state index in [0.717, 1.165) is 11.4 Å². The van der Waals surface area contributed by atoms with Crippen molar-refractivity contribution >= 4 is 17.8 Å². The SMILES string of the molecule is Cc1nn(-c2ccccc2)c2c1C=CC(c1ccccc1)S2. The van der Waals surface area contributed by atoms with Crippen LogP contribution in [0.15, 0.2) is 71.8 Å². The number of benzene rings is 2. The fourth-order valence-corrected chi connectivity index (χ4v) is 4.01. The summed E-state index contributed by atoms with van der Waals surface area (Å²) in [5, 5.41) is 6.30. The number of thioether (sulfide) groups is 1. The molecule has 1 aliphatic heterocycles. The lowest BCUT2D eigenvalue weighted by Crippen LogP contribution is -2.02. The van der Waals surface area contributed by atoms with E-state index in [1.54, 1.807) is 0 Å². The topological polar surface area (TPSA) is 17.8 Å². The maximum Gasteiger partial charge on any atom is 0.108 e. The molecule has 3 heteroatoms. The Kier molecular flexibility index (Phi) is 3.35. The van der Waals surface area contributed by atoms with Gasteiger partial charge in [-0.3, -0.25) is 0 Å². The van der Waals surface area contributed by atoms with Gasteiger partial charge < -0.3 is 0 Å². The van der Waals surface area contributed by atoms with Crippen molar-refractivity contribution in [1.29, 1.82) is 0 Å². The van der Waals surface area contributed by atoms with Crippen molar-refractivity contribution in [3.05, 3.63) is 83.6 Å². The number of hydrogen-bond acceptors (Lipinski definition) is 2. The first kappa shape index (κ1) is 13.4. The average Bonchev–Trinajstić information content (AvgIpc) is 2.93. The maximum atomic E-state index is 4.74. The minimum Gasteiger partial charge on any atom is -0.226 e. The van der Waals surface area contributed by atoms with Crippen LogP contribution in [-0.4, -0.2) is 9.78 Å². The molecule has 0 bridgehead atoms. The van der Waals surface area contributed by atoms with E-state index >= 15 is 0 Å². The number of aryl methyl sites for hydroxylation is 1. The van der Waals surface area contributed by atoms with Crippen LogP contribution in [-0.2, 0) is 0 Å². The van der Waals surface area contributed by atoms with E-state index < -0.39 is 0 Å². The largest absolute Gasteiger partial charge is 0.226 e. The molecule has 1 atom stereocenters. The van der Waals surface area contributed by atoms with E-state index in [1.165, 1.54) is 16.2 Å². The fraction of sp³-hybridized carbons (Fsp3) is 0.105. The lowest BCUT2D eigenvalue weighted by atomic mass is 10.1. The lowest BCUT2D eigenvalue weighted by molar-refractivity contribution is 0.791. The molecule has 2 nitrogen and oxygen atoms in total. The molecule has 0 fully saturated rings. The van der Waals surface area contributed by atoms with Crippen LogP contribution >= 0.6 is 11.8 Å². The number of aromatic nitrogens is 2. The van der Waals surface area contributed by atoms with Crippen LogP contribution in [0.5, 0.6) is 0 Å². The Hall–Kier alpha value is -2.26. The van der Waals surface area contributed by atoms with Crippen LogP contribution in [0.3, 0.4) is 0 Å². The predicted molar refractivity (Wildman–Crippen MR) is 92.4 cm³/mol. The summed E-state index contributed by atoms with van der Waals surface area (Å²) in [4.78, 5) is 0. The van der Waals surface area contributed by atoms with Crippen LogP contribution in [0, 0.1) is 6.92 Å². The van der Waals surface area contributed by atoms with E-state index in [4.69, 9.17) is 5.10 Å². The summed E-state index contributed by atoms with van der Waals surface area (Å²) in [5.41, 5.74) is 4.75. The standard InChI is InChI=1S/C19H16N2S/c1-14-17-12-13-18(15-8-4-2-5-9-15)22-19(17)21(20-14)16-10-6-3-7-11-16/h2-13,18H,1H3. The molecule has 0 saturated carbocycles. The monoisotopic (exact) mass is 304 g/mol. The molecule has 108 valence electrons. The highest BCUT2D eigenvalue weighted by molar-refractivity contribution is 7.99. The summed E-state index contributed by atoms with van der Waals surface area (Å²) in [7, 11) is 0. The zero-order chi connectivity index (χ0) is 14.9. The van der Waals surface area contributed by atoms with Gasteiger partial charge in [-0.1, -0.05) is 72.4 Å². The lowest BCUT2D eigenvalue weighted by Gasteiger charge is -2.18. The minimum atomic E-state index is 0.340. The molecule has 0 aliphatic carbocycles. The molecule has 1 aliphatic rings. The summed E-state index contributed by atoms with van der Waals surface area (Å²) in [6, 6.07) is 21.0. The maximum absolute atomic E-state index is 4.74. The van der Waals surface area contributed by atoms with Gasteiger partial charge in [-0.25, -0.2) is 4.68 Å². The van der Waals surface area contributed by atoms with Crippen molar-refractivity contribution in [2.75, 3.05) is 0 Å². The van der Waals surface area contributed by atoms with Gasteiger partial charge in [0.25, 0.3) is 0 Å². The van der Waals surface area contributed by atoms with Crippen LogP contribution in [0.4, 0.5) is 0 Å². The third kappa shape index (κ3) is 2.28. The first-order valence-corrected chi connectivity index (χ1v) is 8.26. The molecule has 2 aromatic carbocycles. The molecule has 0 radical (unpaired) electrons. The van der Waals surface area contributed by atoms with Crippen LogP contribution in [0.25, 0.3) is 11.8 Å². The number of hydrogen-bond donors (Lipinski definition) is 0. The molecular formula is C19H16N2S. The summed E-state index contributed by atoms with van der Waals surface area (Å²) in [6.45, 7) is 2.08. The van der Waals surface area contributed by atoms with Gasteiger partial charge in [0, 0.05) is 5.56 Å². The van der Waals surface area contributed by atoms with Crippen molar-refractivity contribution in [3.8, 4) is 5.69 Å². The first-order valence-electron chi connectivity index (χ1n) is 7.38. The third-order valence-corrected chi connectivity index (χ3v) is 5.17. The van der Waals surface area contributed by atoms with Gasteiger partial charge in [-0.15, -0.1) is 0 Å². The van der Waals surface area contributed by atoms with E-state index in [-0.39, 0.29) is 0 Å². The van der Waals surface area contributed by atoms with Crippen molar-refractivity contribution in [2.24, 2.45) is 0 Å². The van der Waals surface area contributed by atoms with Gasteiger partial charge in [0.05, 0.1) is 16.6 Å². The molecule has 0 spiro atoms. The Labute approximate surface area is 134 Å². The second kappa shape index (κ2) is 5.50. The molecule has 2 heterocycles.